The number of nitrogens with two attached hydrogens (primary N) is 1. The molecule has 3 N–H and O–H groups in total. The van der Waals surface area contributed by atoms with Crippen molar-refractivity contribution in [1.82, 2.24) is 0 Å². The average Bonchev–Trinajstić information content (AvgIpc) is 2.37. The molecule has 0 bridgehead atoms. The van der Waals surface area contributed by atoms with Gasteiger partial charge in [-0.3, -0.25) is 5.41 Å². The molecule has 0 fully saturated rings. The Morgan fingerprint density at radius 1 is 1.05 bits per heavy atom. The standard InChI is InChI=1S/C14H12Cl2N2O/c15-10-5-2-1-4-9(10)8-19-12-7-3-6-11(16)13(12)14(17)18/h1-7H,8H2,(H3,17,18). The molecule has 5 heteroatoms. The molecular weight excluding hydrogens is 283 g/mol. The molecule has 0 radical (unpaired) electrons. The Morgan fingerprint density at radius 3 is 2.42 bits per heavy atom. The van der Waals surface area contributed by atoms with Crippen LogP contribution in [0.25, 0.3) is 0 Å². The minimum Gasteiger partial charge on any atom is -0.488 e. The third kappa shape index (κ3) is 3.19. The van der Waals surface area contributed by atoms with Gasteiger partial charge in [0.2, 0.25) is 0 Å². The molecule has 0 aromatic heterocycles. The van der Waals surface area contributed by atoms with Gasteiger partial charge >= 0.3 is 0 Å². The van der Waals surface area contributed by atoms with Crippen molar-refractivity contribution < 1.29 is 4.74 Å². The van der Waals surface area contributed by atoms with Gasteiger partial charge in [0.1, 0.15) is 18.2 Å². The normalized spacial score (nSPS) is 10.2. The van der Waals surface area contributed by atoms with Gasteiger partial charge in [-0.05, 0) is 18.2 Å². The summed E-state index contributed by atoms with van der Waals surface area (Å²) in [5.41, 5.74) is 6.77. The summed E-state index contributed by atoms with van der Waals surface area (Å²) >= 11 is 12.1. The first kappa shape index (κ1) is 13.7. The fourth-order valence-corrected chi connectivity index (χ4v) is 2.11. The summed E-state index contributed by atoms with van der Waals surface area (Å²) in [5, 5.41) is 8.56. The van der Waals surface area contributed by atoms with E-state index in [0.29, 0.717) is 28.0 Å². The van der Waals surface area contributed by atoms with Crippen molar-refractivity contribution in [2.75, 3.05) is 0 Å². The third-order valence-electron chi connectivity index (χ3n) is 2.59. The van der Waals surface area contributed by atoms with Crippen LogP contribution in [0, 0.1) is 5.41 Å². The molecule has 0 aliphatic rings. The number of nitrogens with one attached hydrogen (secondary N) is 1. The van der Waals surface area contributed by atoms with E-state index in [1.54, 1.807) is 24.3 Å². The van der Waals surface area contributed by atoms with Crippen molar-refractivity contribution in [2.24, 2.45) is 5.73 Å². The Kier molecular flexibility index (Phi) is 4.30. The second-order valence-electron chi connectivity index (χ2n) is 3.91. The third-order valence-corrected chi connectivity index (χ3v) is 3.27. The molecule has 0 spiro atoms. The van der Waals surface area contributed by atoms with Crippen molar-refractivity contribution in [3.05, 3.63) is 63.6 Å². The number of benzene rings is 2. The molecule has 98 valence electrons. The maximum atomic E-state index is 7.53. The number of rotatable bonds is 4. The van der Waals surface area contributed by atoms with E-state index in [2.05, 4.69) is 0 Å². The van der Waals surface area contributed by atoms with E-state index < -0.39 is 0 Å². The molecule has 19 heavy (non-hydrogen) atoms. The van der Waals surface area contributed by atoms with Crippen molar-refractivity contribution in [2.45, 2.75) is 6.61 Å². The average molecular weight is 295 g/mol. The number of ether oxygens (including phenoxy) is 1. The van der Waals surface area contributed by atoms with Crippen LogP contribution in [0.3, 0.4) is 0 Å². The van der Waals surface area contributed by atoms with Gasteiger partial charge in [-0.25, -0.2) is 0 Å². The summed E-state index contributed by atoms with van der Waals surface area (Å²) < 4.78 is 5.66. The highest BCUT2D eigenvalue weighted by molar-refractivity contribution is 6.34. The van der Waals surface area contributed by atoms with E-state index >= 15 is 0 Å². The fraction of sp³-hybridized carbons (Fsp3) is 0.0714. The predicted octanol–water partition coefficient (Wildman–Crippen LogP) is 3.86. The first-order valence-corrected chi connectivity index (χ1v) is 6.34. The molecule has 3 nitrogen and oxygen atoms in total. The smallest absolute Gasteiger partial charge is 0.132 e. The number of hydrogen-bond acceptors (Lipinski definition) is 2. The predicted molar refractivity (Wildman–Crippen MR) is 78.3 cm³/mol. The molecular formula is C14H12Cl2N2O. The van der Waals surface area contributed by atoms with Gasteiger partial charge in [-0.1, -0.05) is 47.5 Å². The van der Waals surface area contributed by atoms with Gasteiger partial charge in [-0.15, -0.1) is 0 Å². The van der Waals surface area contributed by atoms with Crippen molar-refractivity contribution in [1.29, 1.82) is 5.41 Å². The highest BCUT2D eigenvalue weighted by Crippen LogP contribution is 2.27. The van der Waals surface area contributed by atoms with E-state index in [4.69, 9.17) is 39.1 Å². The van der Waals surface area contributed by atoms with Crippen LogP contribution >= 0.6 is 23.2 Å². The zero-order valence-electron chi connectivity index (χ0n) is 9.99. The summed E-state index contributed by atoms with van der Waals surface area (Å²) in [6.07, 6.45) is 0. The fourth-order valence-electron chi connectivity index (χ4n) is 1.66. The van der Waals surface area contributed by atoms with Gasteiger partial charge in [-0.2, -0.15) is 0 Å². The maximum absolute atomic E-state index is 7.53. The molecule has 0 saturated carbocycles. The van der Waals surface area contributed by atoms with Gasteiger partial charge in [0.25, 0.3) is 0 Å². The second kappa shape index (κ2) is 5.95. The van der Waals surface area contributed by atoms with Crippen LogP contribution < -0.4 is 10.5 Å². The van der Waals surface area contributed by atoms with Crippen LogP contribution in [0.4, 0.5) is 0 Å². The highest BCUT2D eigenvalue weighted by Gasteiger charge is 2.11. The lowest BCUT2D eigenvalue weighted by Crippen LogP contribution is -2.14. The number of amidine groups is 1. The summed E-state index contributed by atoms with van der Waals surface area (Å²) in [6.45, 7) is 0.292. The van der Waals surface area contributed by atoms with Gasteiger partial charge < -0.3 is 10.5 Å². The molecule has 0 unspecified atom stereocenters. The largest absolute Gasteiger partial charge is 0.488 e. The molecule has 2 rings (SSSR count). The van der Waals surface area contributed by atoms with E-state index in [1.165, 1.54) is 0 Å². The first-order chi connectivity index (χ1) is 9.09. The van der Waals surface area contributed by atoms with Gasteiger partial charge in [0.15, 0.2) is 0 Å². The van der Waals surface area contributed by atoms with Crippen LogP contribution in [0.5, 0.6) is 5.75 Å². The summed E-state index contributed by atoms with van der Waals surface area (Å²) in [4.78, 5) is 0. The van der Waals surface area contributed by atoms with Crippen LogP contribution in [0.1, 0.15) is 11.1 Å². The number of nitrogen functional groups attached to an aromatic ring is 1. The topological polar surface area (TPSA) is 59.1 Å². The number of hydrogen-bond donors (Lipinski definition) is 2. The van der Waals surface area contributed by atoms with Crippen molar-refractivity contribution >= 4 is 29.0 Å². The van der Waals surface area contributed by atoms with Gasteiger partial charge in [0.05, 0.1) is 10.6 Å². The van der Waals surface area contributed by atoms with E-state index in [1.807, 2.05) is 18.2 Å². The van der Waals surface area contributed by atoms with Gasteiger partial charge in [0, 0.05) is 10.6 Å². The minimum absolute atomic E-state index is 0.125. The van der Waals surface area contributed by atoms with E-state index in [9.17, 15) is 0 Å². The number of halogens is 2. The summed E-state index contributed by atoms with van der Waals surface area (Å²) in [7, 11) is 0. The molecule has 0 saturated heterocycles. The minimum atomic E-state index is -0.125. The Morgan fingerprint density at radius 2 is 1.74 bits per heavy atom. The molecule has 0 atom stereocenters. The SMILES string of the molecule is N=C(N)c1c(Cl)cccc1OCc1ccccc1Cl. The lowest BCUT2D eigenvalue weighted by Gasteiger charge is -2.12. The Hall–Kier alpha value is -1.71. The zero-order valence-corrected chi connectivity index (χ0v) is 11.5. The van der Waals surface area contributed by atoms with Crippen LogP contribution in [-0.4, -0.2) is 5.84 Å². The molecule has 0 aliphatic heterocycles. The van der Waals surface area contributed by atoms with Crippen LogP contribution in [-0.2, 0) is 6.61 Å². The lowest BCUT2D eigenvalue weighted by atomic mass is 10.2. The molecule has 2 aromatic rings. The Bertz CT molecular complexity index is 614. The van der Waals surface area contributed by atoms with E-state index in [0.717, 1.165) is 5.56 Å². The second-order valence-corrected chi connectivity index (χ2v) is 4.72. The summed E-state index contributed by atoms with van der Waals surface area (Å²) in [5.74, 6) is 0.347. The quantitative estimate of drug-likeness (QED) is 0.664. The van der Waals surface area contributed by atoms with Crippen molar-refractivity contribution in [3.8, 4) is 5.75 Å². The Labute approximate surface area is 121 Å². The molecule has 0 aliphatic carbocycles. The highest BCUT2D eigenvalue weighted by atomic mass is 35.5. The maximum Gasteiger partial charge on any atom is 0.132 e. The van der Waals surface area contributed by atoms with Crippen LogP contribution in [0.2, 0.25) is 10.0 Å². The molecule has 0 amide bonds. The first-order valence-electron chi connectivity index (χ1n) is 5.58. The lowest BCUT2D eigenvalue weighted by molar-refractivity contribution is 0.305. The molecule has 2 aromatic carbocycles. The Balaban J connectivity index is 2.23. The summed E-state index contributed by atoms with van der Waals surface area (Å²) in [6, 6.07) is 12.5. The zero-order chi connectivity index (χ0) is 13.8. The monoisotopic (exact) mass is 294 g/mol. The molecule has 0 heterocycles. The van der Waals surface area contributed by atoms with Crippen LogP contribution in [0.15, 0.2) is 42.5 Å². The van der Waals surface area contributed by atoms with Crippen molar-refractivity contribution in [3.63, 3.8) is 0 Å². The van der Waals surface area contributed by atoms with E-state index in [-0.39, 0.29) is 5.84 Å².